The van der Waals surface area contributed by atoms with Gasteiger partial charge in [-0.25, -0.2) is 4.39 Å². The quantitative estimate of drug-likeness (QED) is 0.610. The van der Waals surface area contributed by atoms with E-state index >= 15 is 0 Å². The number of benzene rings is 2. The Morgan fingerprint density at radius 3 is 2.53 bits per heavy atom. The Balaban J connectivity index is 1.58. The molecule has 3 aromatic rings. The van der Waals surface area contributed by atoms with Gasteiger partial charge in [-0.1, -0.05) is 24.3 Å². The molecule has 4 rings (SSSR count). The van der Waals surface area contributed by atoms with Crippen molar-refractivity contribution in [3.63, 3.8) is 0 Å². The summed E-state index contributed by atoms with van der Waals surface area (Å²) in [4.78, 5) is 16.6. The SMILES string of the molecule is CN1CC(C(=O)N(Cc2ccc(-c3nnc(C(F)F)o3)cc2F)c2ccccc2)C1. The summed E-state index contributed by atoms with van der Waals surface area (Å²) in [7, 11) is 1.94. The van der Waals surface area contributed by atoms with Crippen LogP contribution >= 0.6 is 0 Å². The average molecular weight is 416 g/mol. The van der Waals surface area contributed by atoms with Crippen LogP contribution in [0.15, 0.2) is 52.9 Å². The highest BCUT2D eigenvalue weighted by molar-refractivity contribution is 5.95. The van der Waals surface area contributed by atoms with Gasteiger partial charge in [0.2, 0.25) is 11.8 Å². The molecule has 0 N–H and O–H groups in total. The van der Waals surface area contributed by atoms with Crippen molar-refractivity contribution in [1.29, 1.82) is 0 Å². The van der Waals surface area contributed by atoms with Crippen molar-refractivity contribution in [1.82, 2.24) is 15.1 Å². The van der Waals surface area contributed by atoms with Gasteiger partial charge in [0.05, 0.1) is 12.5 Å². The number of anilines is 1. The van der Waals surface area contributed by atoms with E-state index < -0.39 is 18.1 Å². The van der Waals surface area contributed by atoms with Crippen LogP contribution in [0.1, 0.15) is 17.9 Å². The summed E-state index contributed by atoms with van der Waals surface area (Å²) in [6.45, 7) is 1.36. The van der Waals surface area contributed by atoms with Gasteiger partial charge in [0.1, 0.15) is 5.82 Å². The van der Waals surface area contributed by atoms with Crippen LogP contribution in [0.3, 0.4) is 0 Å². The van der Waals surface area contributed by atoms with E-state index in [-0.39, 0.29) is 35.4 Å². The molecule has 0 radical (unpaired) electrons. The third-order valence-corrected chi connectivity index (χ3v) is 5.00. The van der Waals surface area contributed by atoms with Gasteiger partial charge in [-0.3, -0.25) is 4.79 Å². The Hall–Kier alpha value is -3.20. The predicted octanol–water partition coefficient (Wildman–Crippen LogP) is 3.91. The zero-order valence-electron chi connectivity index (χ0n) is 16.1. The molecule has 9 heteroatoms. The van der Waals surface area contributed by atoms with E-state index in [9.17, 15) is 18.0 Å². The number of hydrogen-bond acceptors (Lipinski definition) is 5. The largest absolute Gasteiger partial charge is 0.415 e. The highest BCUT2D eigenvalue weighted by Crippen LogP contribution is 2.27. The van der Waals surface area contributed by atoms with Crippen molar-refractivity contribution >= 4 is 11.6 Å². The van der Waals surface area contributed by atoms with Crippen LogP contribution in [-0.2, 0) is 11.3 Å². The molecule has 0 atom stereocenters. The maximum atomic E-state index is 14.8. The van der Waals surface area contributed by atoms with Gasteiger partial charge in [0.25, 0.3) is 5.89 Å². The second-order valence-electron chi connectivity index (χ2n) is 7.23. The Morgan fingerprint density at radius 2 is 1.93 bits per heavy atom. The molecule has 0 unspecified atom stereocenters. The summed E-state index contributed by atoms with van der Waals surface area (Å²) in [5.74, 6) is -1.81. The van der Waals surface area contributed by atoms with Gasteiger partial charge in [0.15, 0.2) is 0 Å². The molecular formula is C21H19F3N4O2. The number of aromatic nitrogens is 2. The van der Waals surface area contributed by atoms with E-state index in [0.717, 1.165) is 6.07 Å². The summed E-state index contributed by atoms with van der Waals surface area (Å²) >= 11 is 0. The molecule has 1 fully saturated rings. The topological polar surface area (TPSA) is 62.5 Å². The third-order valence-electron chi connectivity index (χ3n) is 5.00. The lowest BCUT2D eigenvalue weighted by molar-refractivity contribution is -0.127. The Morgan fingerprint density at radius 1 is 1.20 bits per heavy atom. The first-order chi connectivity index (χ1) is 14.4. The average Bonchev–Trinajstić information content (AvgIpc) is 3.21. The fourth-order valence-corrected chi connectivity index (χ4v) is 3.40. The molecule has 156 valence electrons. The van der Waals surface area contributed by atoms with Crippen LogP contribution in [0.25, 0.3) is 11.5 Å². The van der Waals surface area contributed by atoms with E-state index in [0.29, 0.717) is 18.8 Å². The van der Waals surface area contributed by atoms with Crippen molar-refractivity contribution in [3.8, 4) is 11.5 Å². The molecule has 1 saturated heterocycles. The summed E-state index contributed by atoms with van der Waals surface area (Å²) in [5, 5.41) is 6.78. The molecular weight excluding hydrogens is 397 g/mol. The number of nitrogens with zero attached hydrogens (tertiary/aromatic N) is 4. The number of halogens is 3. The Bertz CT molecular complexity index is 1040. The fraction of sp³-hybridized carbons (Fsp3) is 0.286. The van der Waals surface area contributed by atoms with Crippen LogP contribution in [0.2, 0.25) is 0 Å². The number of carbonyl (C=O) groups excluding carboxylic acids is 1. The van der Waals surface area contributed by atoms with E-state index in [1.165, 1.54) is 12.1 Å². The summed E-state index contributed by atoms with van der Waals surface area (Å²) in [6, 6.07) is 13.2. The van der Waals surface area contributed by atoms with Crippen LogP contribution in [-0.4, -0.2) is 41.1 Å². The maximum Gasteiger partial charge on any atom is 0.314 e. The number of hydrogen-bond donors (Lipinski definition) is 0. The molecule has 0 spiro atoms. The summed E-state index contributed by atoms with van der Waals surface area (Å²) < 4.78 is 45.0. The first kappa shape index (κ1) is 20.1. The standard InChI is InChI=1S/C21H19F3N4O2/c1-27-10-15(11-27)21(29)28(16-5-3-2-4-6-16)12-14-8-7-13(9-17(14)22)19-25-26-20(30-19)18(23)24/h2-9,15,18H,10-12H2,1H3. The highest BCUT2D eigenvalue weighted by atomic mass is 19.3. The highest BCUT2D eigenvalue weighted by Gasteiger charge is 2.34. The lowest BCUT2D eigenvalue weighted by atomic mass is 9.98. The first-order valence-electron chi connectivity index (χ1n) is 9.37. The number of likely N-dealkylation sites (tertiary alicyclic amines) is 1. The molecule has 6 nitrogen and oxygen atoms in total. The van der Waals surface area contributed by atoms with Crippen molar-refractivity contribution in [2.45, 2.75) is 13.0 Å². The maximum absolute atomic E-state index is 14.8. The van der Waals surface area contributed by atoms with E-state index in [4.69, 9.17) is 4.42 Å². The van der Waals surface area contributed by atoms with Crippen LogP contribution in [0.4, 0.5) is 18.9 Å². The van der Waals surface area contributed by atoms with Crippen molar-refractivity contribution < 1.29 is 22.4 Å². The van der Waals surface area contributed by atoms with Crippen molar-refractivity contribution in [3.05, 3.63) is 65.8 Å². The number of alkyl halides is 2. The normalized spacial score (nSPS) is 14.7. The summed E-state index contributed by atoms with van der Waals surface area (Å²) in [6.07, 6.45) is -2.90. The van der Waals surface area contributed by atoms with Gasteiger partial charge in [-0.15, -0.1) is 10.2 Å². The minimum atomic E-state index is -2.90. The minimum Gasteiger partial charge on any atom is -0.415 e. The smallest absolute Gasteiger partial charge is 0.314 e. The molecule has 1 aromatic heterocycles. The van der Waals surface area contributed by atoms with E-state index in [1.54, 1.807) is 17.0 Å². The van der Waals surface area contributed by atoms with E-state index in [2.05, 4.69) is 10.2 Å². The Labute approximate surface area is 170 Å². The van der Waals surface area contributed by atoms with Gasteiger partial charge in [-0.05, 0) is 31.3 Å². The summed E-state index contributed by atoms with van der Waals surface area (Å²) in [5.41, 5.74) is 1.16. The molecule has 0 saturated carbocycles. The number of para-hydroxylation sites is 1. The van der Waals surface area contributed by atoms with Crippen molar-refractivity contribution in [2.75, 3.05) is 25.0 Å². The first-order valence-corrected chi connectivity index (χ1v) is 9.37. The van der Waals surface area contributed by atoms with Crippen LogP contribution in [0.5, 0.6) is 0 Å². The lowest BCUT2D eigenvalue weighted by Gasteiger charge is -2.38. The van der Waals surface area contributed by atoms with Crippen LogP contribution in [0, 0.1) is 11.7 Å². The molecule has 0 bridgehead atoms. The molecule has 2 heterocycles. The van der Waals surface area contributed by atoms with Crippen molar-refractivity contribution in [2.24, 2.45) is 5.92 Å². The molecule has 1 aliphatic heterocycles. The zero-order valence-corrected chi connectivity index (χ0v) is 16.1. The molecule has 2 aromatic carbocycles. The molecule has 0 aliphatic carbocycles. The zero-order chi connectivity index (χ0) is 21.3. The number of rotatable bonds is 6. The Kier molecular flexibility index (Phi) is 5.54. The third kappa shape index (κ3) is 4.06. The van der Waals surface area contributed by atoms with Gasteiger partial charge in [0, 0.05) is 29.9 Å². The molecule has 1 aliphatic rings. The van der Waals surface area contributed by atoms with Gasteiger partial charge >= 0.3 is 6.43 Å². The van der Waals surface area contributed by atoms with Gasteiger partial charge < -0.3 is 14.2 Å². The fourth-order valence-electron chi connectivity index (χ4n) is 3.40. The number of amides is 1. The van der Waals surface area contributed by atoms with E-state index in [1.807, 2.05) is 30.1 Å². The predicted molar refractivity (Wildman–Crippen MR) is 103 cm³/mol. The monoisotopic (exact) mass is 416 g/mol. The molecule has 1 amide bonds. The second-order valence-corrected chi connectivity index (χ2v) is 7.23. The number of carbonyl (C=O) groups is 1. The second kappa shape index (κ2) is 8.27. The van der Waals surface area contributed by atoms with Crippen LogP contribution < -0.4 is 4.90 Å². The molecule has 30 heavy (non-hydrogen) atoms. The minimum absolute atomic E-state index is 0.0429. The van der Waals surface area contributed by atoms with Gasteiger partial charge in [-0.2, -0.15) is 8.78 Å². The lowest BCUT2D eigenvalue weighted by Crippen LogP contribution is -2.52.